The van der Waals surface area contributed by atoms with Crippen molar-refractivity contribution in [1.82, 2.24) is 0 Å². The lowest BCUT2D eigenvalue weighted by Crippen LogP contribution is -2.66. The predicted molar refractivity (Wildman–Crippen MR) is 595 cm³/mol. The maximum Gasteiger partial charge on any atom is 0.338 e. The summed E-state index contributed by atoms with van der Waals surface area (Å²) in [6.45, 7) is 40.9. The molecule has 0 saturated carbocycles. The number of esters is 2. The van der Waals surface area contributed by atoms with Crippen molar-refractivity contribution in [1.29, 1.82) is 0 Å². The Morgan fingerprint density at radius 3 is 0.624 bits per heavy atom. The highest BCUT2D eigenvalue weighted by atomic mass is 28.4. The van der Waals surface area contributed by atoms with Gasteiger partial charge in [-0.1, -0.05) is 333 Å². The van der Waals surface area contributed by atoms with Gasteiger partial charge in [-0.2, -0.15) is 0 Å². The summed E-state index contributed by atoms with van der Waals surface area (Å²) in [4.78, 5) is 24.0. The first-order valence-corrected chi connectivity index (χ1v) is 58.8. The molecule has 1 aliphatic rings. The van der Waals surface area contributed by atoms with Crippen LogP contribution < -0.4 is 55.7 Å². The maximum atomic E-state index is 13.1. The lowest BCUT2D eigenvalue weighted by atomic mass is 10.2. The number of aliphatic hydroxyl groups excluding tert-OH is 1. The van der Waals surface area contributed by atoms with Gasteiger partial charge in [0.05, 0.1) is 217 Å². The van der Waals surface area contributed by atoms with Gasteiger partial charge in [0, 0.05) is 13.2 Å². The zero-order chi connectivity index (χ0) is 107. The van der Waals surface area contributed by atoms with Crippen LogP contribution >= 0.6 is 0 Å². The van der Waals surface area contributed by atoms with E-state index in [1.807, 2.05) is 48.5 Å². The number of carbonyl (C=O) groups excluding carboxylic acids is 2. The highest BCUT2D eigenvalue weighted by Crippen LogP contribution is 2.43. The lowest BCUT2D eigenvalue weighted by Gasteiger charge is -2.43. The fraction of sp³-hybridized carbons (Fsp3) is 0.470. The Labute approximate surface area is 889 Å². The first-order valence-electron chi connectivity index (χ1n) is 51.2. The molecule has 32 heteroatoms. The first kappa shape index (κ1) is 126. The summed E-state index contributed by atoms with van der Waals surface area (Å²) in [6, 6.07) is 89.9. The number of aliphatic hydroxyl groups is 1. The average Bonchev–Trinajstić information content (AvgIpc) is 1.17. The van der Waals surface area contributed by atoms with E-state index in [1.165, 1.54) is 68.6 Å². The monoisotopic (exact) mass is 2130 g/mol. The molecule has 10 aromatic carbocycles. The SMILES string of the molecule is C.C1CCOC1.CC(C)(C)[Si](OCCOCCOCCOCCO)(c1ccccc1)c1ccccc1.COC(=O)c1cc(O)c(O)c(O)c1.COC(=O)c1cc(OCCOCCOCCOCCO[Si](c2ccccc2)(c2ccccc2)C(C)(C)C)c(OCCOCCOCCOCCO[Si](c2ccccc2)(c2ccccc2)C(C)(C)C)c(OCCOCCOCCOCCO[Si](c2ccccc2)(c2ccccc2)C(C)(C)C)c1. The van der Waals surface area contributed by atoms with Crippen LogP contribution in [0.5, 0.6) is 34.5 Å². The molecule has 4 N–H and O–H groups in total. The average molecular weight is 2130 g/mol. The van der Waals surface area contributed by atoms with Gasteiger partial charge in [0.25, 0.3) is 33.3 Å². The molecule has 0 aromatic heterocycles. The zero-order valence-electron chi connectivity index (χ0n) is 89.4. The number of benzene rings is 10. The van der Waals surface area contributed by atoms with Crippen LogP contribution in [0.3, 0.4) is 0 Å². The van der Waals surface area contributed by atoms with E-state index < -0.39 is 62.5 Å². The van der Waals surface area contributed by atoms with Crippen molar-refractivity contribution in [2.75, 3.05) is 239 Å². The van der Waals surface area contributed by atoms with E-state index in [2.05, 4.69) is 282 Å². The lowest BCUT2D eigenvalue weighted by molar-refractivity contribution is 0.00238. The second-order valence-electron chi connectivity index (χ2n) is 38.6. The van der Waals surface area contributed by atoms with Crippen LogP contribution in [-0.2, 0) is 88.8 Å². The molecule has 10 aromatic rings. The number of phenols is 3. The Bertz CT molecular complexity index is 4860. The van der Waals surface area contributed by atoms with Crippen LogP contribution in [0.25, 0.3) is 0 Å². The third-order valence-corrected chi connectivity index (χ3v) is 44.4. The second kappa shape index (κ2) is 68.9. The number of phenolic OH excluding ortho intramolecular Hbond substituents is 3. The van der Waals surface area contributed by atoms with Crippen LogP contribution in [0.1, 0.15) is 124 Å². The Kier molecular flexibility index (Phi) is 58.3. The molecular weight excluding hydrogens is 1970 g/mol. The van der Waals surface area contributed by atoms with Gasteiger partial charge in [0.1, 0.15) is 19.8 Å². The summed E-state index contributed by atoms with van der Waals surface area (Å²) in [5, 5.41) is 45.1. The van der Waals surface area contributed by atoms with Crippen LogP contribution in [0.15, 0.2) is 267 Å². The Balaban J connectivity index is 0.000000495. The number of carbonyl (C=O) groups is 2. The Morgan fingerprint density at radius 1 is 0.262 bits per heavy atom. The van der Waals surface area contributed by atoms with Gasteiger partial charge in [0.15, 0.2) is 28.7 Å². The smallest absolute Gasteiger partial charge is 0.338 e. The second-order valence-corrected chi connectivity index (χ2v) is 55.9. The minimum absolute atomic E-state index is 0. The predicted octanol–water partition coefficient (Wildman–Crippen LogP) is 15.1. The molecule has 0 radical (unpaired) electrons. The molecule has 0 bridgehead atoms. The summed E-state index contributed by atoms with van der Waals surface area (Å²) < 4.78 is 130. The van der Waals surface area contributed by atoms with Crippen molar-refractivity contribution in [3.05, 3.63) is 278 Å². The molecule has 11 rings (SSSR count). The number of hydrogen-bond donors (Lipinski definition) is 4. The molecule has 149 heavy (non-hydrogen) atoms. The zero-order valence-corrected chi connectivity index (χ0v) is 93.4. The van der Waals surface area contributed by atoms with Crippen LogP contribution in [-0.4, -0.2) is 304 Å². The third kappa shape index (κ3) is 40.2. The highest BCUT2D eigenvalue weighted by molar-refractivity contribution is 7.01. The summed E-state index contributed by atoms with van der Waals surface area (Å²) in [5.74, 6) is -2.27. The quantitative estimate of drug-likeness (QED) is 0.0119. The molecule has 0 amide bonds. The van der Waals surface area contributed by atoms with Crippen molar-refractivity contribution < 1.29 is 133 Å². The van der Waals surface area contributed by atoms with Crippen molar-refractivity contribution in [3.8, 4) is 34.5 Å². The van der Waals surface area contributed by atoms with Crippen LogP contribution in [0.2, 0.25) is 20.2 Å². The van der Waals surface area contributed by atoms with E-state index in [-0.39, 0.29) is 102 Å². The topological polar surface area (TPSA) is 318 Å². The number of aromatic hydroxyl groups is 3. The summed E-state index contributed by atoms with van der Waals surface area (Å²) in [7, 11) is -7.96. The minimum Gasteiger partial charge on any atom is -0.504 e. The van der Waals surface area contributed by atoms with Crippen molar-refractivity contribution in [3.63, 3.8) is 0 Å². The van der Waals surface area contributed by atoms with Gasteiger partial charge in [-0.15, -0.1) is 0 Å². The third-order valence-electron chi connectivity index (χ3n) is 24.3. The van der Waals surface area contributed by atoms with Gasteiger partial charge in [0.2, 0.25) is 5.75 Å². The molecule has 28 nitrogen and oxygen atoms in total. The number of ether oxygens (including phenoxy) is 18. The highest BCUT2D eigenvalue weighted by Gasteiger charge is 2.54. The van der Waals surface area contributed by atoms with Crippen LogP contribution in [0.4, 0.5) is 0 Å². The van der Waals surface area contributed by atoms with Gasteiger partial charge in [-0.25, -0.2) is 9.59 Å². The Hall–Kier alpha value is -9.91. The van der Waals surface area contributed by atoms with E-state index >= 15 is 0 Å². The largest absolute Gasteiger partial charge is 0.504 e. The first-order chi connectivity index (χ1) is 71.6. The molecule has 0 spiro atoms. The summed E-state index contributed by atoms with van der Waals surface area (Å²) in [6.07, 6.45) is 2.56. The molecule has 0 atom stereocenters. The van der Waals surface area contributed by atoms with Crippen LogP contribution in [0, 0.1) is 0 Å². The molecule has 1 saturated heterocycles. The normalized spacial score (nSPS) is 12.4. The van der Waals surface area contributed by atoms with E-state index in [9.17, 15) is 9.59 Å². The van der Waals surface area contributed by atoms with Crippen molar-refractivity contribution in [2.45, 2.75) is 124 Å². The van der Waals surface area contributed by atoms with Gasteiger partial charge in [-0.05, 0) is 98.8 Å². The van der Waals surface area contributed by atoms with E-state index in [4.69, 9.17) is 119 Å². The van der Waals surface area contributed by atoms with Crippen molar-refractivity contribution in [2.24, 2.45) is 0 Å². The fourth-order valence-electron chi connectivity index (χ4n) is 17.4. The molecule has 0 aliphatic carbocycles. The van der Waals surface area contributed by atoms with Gasteiger partial charge in [-0.3, -0.25) is 0 Å². The molecule has 818 valence electrons. The summed E-state index contributed by atoms with van der Waals surface area (Å²) >= 11 is 0. The number of hydrogen-bond acceptors (Lipinski definition) is 28. The number of methoxy groups -OCH3 is 2. The molecular formula is C117H166O28Si4. The fourth-order valence-corrected chi connectivity index (χ4v) is 35.6. The Morgan fingerprint density at radius 2 is 0.443 bits per heavy atom. The van der Waals surface area contributed by atoms with Gasteiger partial charge < -0.3 is 123 Å². The van der Waals surface area contributed by atoms with E-state index in [0.717, 1.165) is 25.3 Å². The standard InChI is InChI=1S/C80H110O17Si3.C24H36O5Si.C8H8O5.C4H8O.CH4/c1-78(2,3)98(68-29-17-11-18-30-68,69-31-19-12-20-32-69)95-62-56-89-50-44-83-41-47-86-53-59-92-74-65-67(77(81)82-10)66-75(93-60-54-87-48-42-84-45-51-90-57-63-96-99(79(4,5)6,70-33-21-13-22-34-70)71-35-23-14-24-36-71)76(74)94-61-55-88-49-43-85-46-52-91-58-64-97-100(80(7,8)9,72-37-25-15-26-38-72)73-39-27-16-28-40-73;1-24(2,3)30(22-10-6-4-7-11-22,23-12-8-5-9-13-23)29-21-20-28-19-18-27-17-16-26-15-14-25;1-13-8(12)4-2-5(9)7(11)6(10)3-4;1-2-4-5-3-1;/h11-40,65-66H,41-64H2,1-10H3;4-13,25H,14-21H2,1-3H3;2-3,9-11H,1H3;1-4H2;1H4. The van der Waals surface area contributed by atoms with E-state index in [1.54, 1.807) is 12.1 Å². The van der Waals surface area contributed by atoms with E-state index in [0.29, 0.717) is 165 Å². The van der Waals surface area contributed by atoms with Gasteiger partial charge >= 0.3 is 11.9 Å². The van der Waals surface area contributed by atoms with Crippen molar-refractivity contribution >= 4 is 86.7 Å². The summed E-state index contributed by atoms with van der Waals surface area (Å²) in [5.41, 5.74) is 0.177. The molecule has 1 aliphatic heterocycles. The maximum absolute atomic E-state index is 13.1. The molecule has 1 heterocycles. The molecule has 0 unspecified atom stereocenters. The molecule has 1 fully saturated rings. The minimum atomic E-state index is -2.65. The number of rotatable bonds is 64.